The van der Waals surface area contributed by atoms with E-state index < -0.39 is 0 Å². The number of para-hydroxylation sites is 1. The molecule has 7 aromatic rings. The fourth-order valence-corrected chi connectivity index (χ4v) is 5.35. The Hall–Kier alpha value is -5.55. The molecule has 0 saturated heterocycles. The standard InChI is InChI=1S/C36H27N5/c37-36(41-34-17-5-4-13-29(34)30-21-22-38-24-35(30)41)18-6-3-11-28-12-7-15-32(39-28)33-16-8-14-31(40-33)27-20-19-25-9-1-2-10-26(25)23-27/h1-10,12-24H,11,37H2/b6-3-,36-18+. The van der Waals surface area contributed by atoms with Crippen molar-refractivity contribution in [3.05, 3.63) is 146 Å². The quantitative estimate of drug-likeness (QED) is 0.221. The summed E-state index contributed by atoms with van der Waals surface area (Å²) in [5, 5.41) is 4.71. The molecule has 0 saturated carbocycles. The summed E-state index contributed by atoms with van der Waals surface area (Å²) in [7, 11) is 0. The highest BCUT2D eigenvalue weighted by Crippen LogP contribution is 2.30. The zero-order valence-corrected chi connectivity index (χ0v) is 22.4. The van der Waals surface area contributed by atoms with Crippen molar-refractivity contribution >= 4 is 38.4 Å². The Morgan fingerprint density at radius 2 is 1.44 bits per heavy atom. The van der Waals surface area contributed by atoms with Gasteiger partial charge in [0.25, 0.3) is 0 Å². The molecule has 0 unspecified atom stereocenters. The minimum atomic E-state index is 0.636. The summed E-state index contributed by atoms with van der Waals surface area (Å²) in [6.45, 7) is 0. The maximum absolute atomic E-state index is 6.57. The van der Waals surface area contributed by atoms with Gasteiger partial charge in [-0.1, -0.05) is 78.9 Å². The van der Waals surface area contributed by atoms with Gasteiger partial charge in [-0.3, -0.25) is 14.5 Å². The molecule has 0 radical (unpaired) electrons. The van der Waals surface area contributed by atoms with Crippen LogP contribution >= 0.6 is 0 Å². The van der Waals surface area contributed by atoms with Gasteiger partial charge in [0.1, 0.15) is 5.82 Å². The van der Waals surface area contributed by atoms with E-state index in [1.807, 2.05) is 79.1 Å². The third-order valence-corrected chi connectivity index (χ3v) is 7.33. The molecule has 2 N–H and O–H groups in total. The number of nitrogens with zero attached hydrogens (tertiary/aromatic N) is 4. The summed E-state index contributed by atoms with van der Waals surface area (Å²) in [5.41, 5.74) is 13.3. The lowest BCUT2D eigenvalue weighted by molar-refractivity contribution is 1.10. The van der Waals surface area contributed by atoms with Crippen LogP contribution in [0.3, 0.4) is 0 Å². The van der Waals surface area contributed by atoms with Crippen molar-refractivity contribution in [3.63, 3.8) is 0 Å². The van der Waals surface area contributed by atoms with Crippen LogP contribution in [0.4, 0.5) is 0 Å². The van der Waals surface area contributed by atoms with E-state index in [4.69, 9.17) is 15.7 Å². The second-order valence-corrected chi connectivity index (χ2v) is 9.95. The van der Waals surface area contributed by atoms with E-state index in [2.05, 4.69) is 70.2 Å². The first-order valence-electron chi connectivity index (χ1n) is 13.6. The number of hydrogen-bond acceptors (Lipinski definition) is 4. The van der Waals surface area contributed by atoms with Gasteiger partial charge in [-0.15, -0.1) is 0 Å². The Labute approximate surface area is 238 Å². The van der Waals surface area contributed by atoms with Crippen LogP contribution in [-0.2, 0) is 6.42 Å². The van der Waals surface area contributed by atoms with Crippen molar-refractivity contribution in [2.24, 2.45) is 5.73 Å². The van der Waals surface area contributed by atoms with Crippen LogP contribution in [0.1, 0.15) is 5.69 Å². The van der Waals surface area contributed by atoms with Gasteiger partial charge in [0.2, 0.25) is 0 Å². The molecular weight excluding hydrogens is 502 g/mol. The summed E-state index contributed by atoms with van der Waals surface area (Å²) in [6, 6.07) is 37.3. The van der Waals surface area contributed by atoms with E-state index >= 15 is 0 Å². The van der Waals surface area contributed by atoms with Crippen molar-refractivity contribution < 1.29 is 0 Å². The molecule has 0 aliphatic rings. The normalized spacial score (nSPS) is 12.1. The van der Waals surface area contributed by atoms with Gasteiger partial charge in [-0.05, 0) is 59.3 Å². The van der Waals surface area contributed by atoms with E-state index in [1.54, 1.807) is 0 Å². The van der Waals surface area contributed by atoms with Crippen LogP contribution in [-0.4, -0.2) is 19.5 Å². The molecule has 4 heterocycles. The monoisotopic (exact) mass is 529 g/mol. The van der Waals surface area contributed by atoms with E-state index in [-0.39, 0.29) is 0 Å². The number of nitrogens with two attached hydrogens (primary N) is 1. The molecule has 5 heteroatoms. The van der Waals surface area contributed by atoms with E-state index in [9.17, 15) is 0 Å². The van der Waals surface area contributed by atoms with Crippen LogP contribution in [0.5, 0.6) is 0 Å². The van der Waals surface area contributed by atoms with Crippen LogP contribution in [0.15, 0.2) is 140 Å². The molecule has 0 amide bonds. The number of aromatic nitrogens is 4. The largest absolute Gasteiger partial charge is 0.385 e. The summed E-state index contributed by atoms with van der Waals surface area (Å²) < 4.78 is 2.05. The fraction of sp³-hybridized carbons (Fsp3) is 0.0278. The van der Waals surface area contributed by atoms with E-state index in [0.717, 1.165) is 50.1 Å². The predicted octanol–water partition coefficient (Wildman–Crippen LogP) is 8.02. The Bertz CT molecular complexity index is 2050. The lowest BCUT2D eigenvalue weighted by Gasteiger charge is -2.07. The lowest BCUT2D eigenvalue weighted by Crippen LogP contribution is -2.05. The number of fused-ring (bicyclic) bond motifs is 4. The van der Waals surface area contributed by atoms with Gasteiger partial charge in [0, 0.05) is 34.6 Å². The third-order valence-electron chi connectivity index (χ3n) is 7.33. The maximum Gasteiger partial charge on any atom is 0.108 e. The Morgan fingerprint density at radius 1 is 0.683 bits per heavy atom. The van der Waals surface area contributed by atoms with E-state index in [0.29, 0.717) is 12.2 Å². The Kier molecular flexibility index (Phi) is 6.30. The molecule has 7 rings (SSSR count). The summed E-state index contributed by atoms with van der Waals surface area (Å²) in [6.07, 6.45) is 10.3. The molecule has 5 nitrogen and oxygen atoms in total. The summed E-state index contributed by atoms with van der Waals surface area (Å²) in [4.78, 5) is 14.2. The molecule has 0 aliphatic carbocycles. The second-order valence-electron chi connectivity index (χ2n) is 9.95. The SMILES string of the molecule is N/C(=C\C=C/Cc1cccc(-c2cccc(-c3ccc4ccccc4c3)n2)n1)n1c2ccccc2c2ccncc21. The molecule has 41 heavy (non-hydrogen) atoms. The number of benzene rings is 3. The van der Waals surface area contributed by atoms with Gasteiger partial charge in [0.05, 0.1) is 34.3 Å². The molecule has 0 atom stereocenters. The highest BCUT2D eigenvalue weighted by molar-refractivity contribution is 6.09. The average Bonchev–Trinajstić information content (AvgIpc) is 3.37. The number of allylic oxidation sites excluding steroid dienone is 3. The first-order chi connectivity index (χ1) is 20.2. The number of hydrogen-bond donors (Lipinski definition) is 1. The van der Waals surface area contributed by atoms with Gasteiger partial charge in [-0.2, -0.15) is 0 Å². The average molecular weight is 530 g/mol. The van der Waals surface area contributed by atoms with Crippen molar-refractivity contribution in [3.8, 4) is 22.6 Å². The Balaban J connectivity index is 1.12. The number of rotatable bonds is 6. The maximum atomic E-state index is 6.57. The first kappa shape index (κ1) is 24.5. The summed E-state index contributed by atoms with van der Waals surface area (Å²) in [5.74, 6) is 0.636. The molecule has 0 aliphatic heterocycles. The molecule has 0 spiro atoms. The van der Waals surface area contributed by atoms with Crippen molar-refractivity contribution in [2.75, 3.05) is 0 Å². The minimum absolute atomic E-state index is 0.636. The smallest absolute Gasteiger partial charge is 0.108 e. The van der Waals surface area contributed by atoms with Crippen molar-refractivity contribution in [2.45, 2.75) is 6.42 Å². The van der Waals surface area contributed by atoms with Crippen molar-refractivity contribution in [1.29, 1.82) is 0 Å². The summed E-state index contributed by atoms with van der Waals surface area (Å²) >= 11 is 0. The van der Waals surface area contributed by atoms with Crippen molar-refractivity contribution in [1.82, 2.24) is 19.5 Å². The zero-order chi connectivity index (χ0) is 27.6. The van der Waals surface area contributed by atoms with Gasteiger partial charge >= 0.3 is 0 Å². The minimum Gasteiger partial charge on any atom is -0.385 e. The zero-order valence-electron chi connectivity index (χ0n) is 22.4. The van der Waals surface area contributed by atoms with Crippen LogP contribution < -0.4 is 5.73 Å². The van der Waals surface area contributed by atoms with Gasteiger partial charge in [0.15, 0.2) is 0 Å². The third kappa shape index (κ3) is 4.74. The highest BCUT2D eigenvalue weighted by Gasteiger charge is 2.11. The van der Waals surface area contributed by atoms with Gasteiger partial charge < -0.3 is 5.73 Å². The molecule has 0 fully saturated rings. The first-order valence-corrected chi connectivity index (χ1v) is 13.6. The number of pyridine rings is 3. The molecular formula is C36H27N5. The predicted molar refractivity (Wildman–Crippen MR) is 169 cm³/mol. The second kappa shape index (κ2) is 10.5. The van der Waals surface area contributed by atoms with Crippen LogP contribution in [0.2, 0.25) is 0 Å². The van der Waals surface area contributed by atoms with Crippen LogP contribution in [0, 0.1) is 0 Å². The lowest BCUT2D eigenvalue weighted by atomic mass is 10.0. The molecule has 4 aromatic heterocycles. The highest BCUT2D eigenvalue weighted by atomic mass is 15.1. The van der Waals surface area contributed by atoms with Gasteiger partial charge in [-0.25, -0.2) is 4.98 Å². The molecule has 196 valence electrons. The fourth-order valence-electron chi connectivity index (χ4n) is 5.35. The molecule has 3 aromatic carbocycles. The topological polar surface area (TPSA) is 69.6 Å². The molecule has 0 bridgehead atoms. The van der Waals surface area contributed by atoms with E-state index in [1.165, 1.54) is 10.8 Å². The Morgan fingerprint density at radius 3 is 2.37 bits per heavy atom. The van der Waals surface area contributed by atoms with Crippen LogP contribution in [0.25, 0.3) is 61.0 Å².